The molecule has 0 radical (unpaired) electrons. The molecule has 2 aromatic rings. The van der Waals surface area contributed by atoms with E-state index < -0.39 is 17.2 Å². The summed E-state index contributed by atoms with van der Waals surface area (Å²) in [5.41, 5.74) is 1.25. The lowest BCUT2D eigenvalue weighted by atomic mass is 10.0. The first kappa shape index (κ1) is 22.8. The van der Waals surface area contributed by atoms with E-state index in [0.29, 0.717) is 22.3 Å². The molecule has 33 heavy (non-hydrogen) atoms. The summed E-state index contributed by atoms with van der Waals surface area (Å²) in [6, 6.07) is 12.7. The predicted octanol–water partition coefficient (Wildman–Crippen LogP) is 4.44. The Labute approximate surface area is 196 Å². The molecule has 2 aliphatic rings. The fourth-order valence-electron chi connectivity index (χ4n) is 3.83. The molecule has 2 N–H and O–H groups in total. The first-order valence-electron chi connectivity index (χ1n) is 10.7. The van der Waals surface area contributed by atoms with Gasteiger partial charge in [-0.1, -0.05) is 23.9 Å². The van der Waals surface area contributed by atoms with E-state index in [9.17, 15) is 9.59 Å². The van der Waals surface area contributed by atoms with Crippen molar-refractivity contribution in [2.24, 2.45) is 10.9 Å². The van der Waals surface area contributed by atoms with Crippen LogP contribution >= 0.6 is 11.8 Å². The third-order valence-electron chi connectivity index (χ3n) is 5.43. The van der Waals surface area contributed by atoms with Gasteiger partial charge in [-0.15, -0.1) is 0 Å². The molecule has 1 fully saturated rings. The van der Waals surface area contributed by atoms with E-state index in [1.54, 1.807) is 6.07 Å². The van der Waals surface area contributed by atoms with Crippen molar-refractivity contribution in [1.29, 1.82) is 5.26 Å². The smallest absolute Gasteiger partial charge is 0.413 e. The highest BCUT2D eigenvalue weighted by molar-refractivity contribution is 8.13. The van der Waals surface area contributed by atoms with Crippen molar-refractivity contribution in [3.63, 3.8) is 0 Å². The van der Waals surface area contributed by atoms with Crippen LogP contribution in [0, 0.1) is 17.2 Å². The lowest BCUT2D eigenvalue weighted by molar-refractivity contribution is 0.0564. The number of pyridine rings is 1. The summed E-state index contributed by atoms with van der Waals surface area (Å²) in [7, 11) is 0. The van der Waals surface area contributed by atoms with Gasteiger partial charge in [-0.2, -0.15) is 5.26 Å². The summed E-state index contributed by atoms with van der Waals surface area (Å²) in [6.07, 6.45) is 2.73. The van der Waals surface area contributed by atoms with Gasteiger partial charge in [-0.3, -0.25) is 15.1 Å². The number of alkyl carbamates (subject to hydrolysis) is 1. The molecule has 170 valence electrons. The predicted molar refractivity (Wildman–Crippen MR) is 127 cm³/mol. The minimum absolute atomic E-state index is 0.231. The summed E-state index contributed by atoms with van der Waals surface area (Å²) in [4.78, 5) is 33.8. The highest BCUT2D eigenvalue weighted by atomic mass is 32.2. The molecule has 9 heteroatoms. The maximum atomic E-state index is 12.6. The largest absolute Gasteiger partial charge is 0.444 e. The minimum Gasteiger partial charge on any atom is -0.444 e. The van der Waals surface area contributed by atoms with E-state index in [0.717, 1.165) is 24.2 Å². The number of rotatable bonds is 3. The van der Waals surface area contributed by atoms with Crippen LogP contribution in [0.1, 0.15) is 55.2 Å². The van der Waals surface area contributed by atoms with Crippen molar-refractivity contribution in [2.45, 2.75) is 44.8 Å². The number of anilines is 1. The maximum absolute atomic E-state index is 12.6. The van der Waals surface area contributed by atoms with Crippen molar-refractivity contribution in [2.75, 3.05) is 11.1 Å². The Hall–Kier alpha value is -3.38. The summed E-state index contributed by atoms with van der Waals surface area (Å²) >= 11 is 1.52. The van der Waals surface area contributed by atoms with Crippen LogP contribution in [0.25, 0.3) is 0 Å². The number of hydrogen-bond donors (Lipinski definition) is 2. The molecule has 0 bridgehead atoms. The Bertz CT molecular complexity index is 1150. The van der Waals surface area contributed by atoms with Crippen LogP contribution in [0.3, 0.4) is 0 Å². The monoisotopic (exact) mass is 463 g/mol. The van der Waals surface area contributed by atoms with Crippen LogP contribution < -0.4 is 10.6 Å². The van der Waals surface area contributed by atoms with Crippen molar-refractivity contribution >= 4 is 34.6 Å². The normalized spacial score (nSPS) is 21.5. The molecule has 1 aliphatic heterocycles. The van der Waals surface area contributed by atoms with E-state index in [2.05, 4.69) is 15.6 Å². The minimum atomic E-state index is -0.587. The molecule has 8 nitrogen and oxygen atoms in total. The number of nitrogens with one attached hydrogen (secondary N) is 2. The highest BCUT2D eigenvalue weighted by Crippen LogP contribution is 2.59. The molecule has 2 heterocycles. The van der Waals surface area contributed by atoms with Crippen LogP contribution in [0.15, 0.2) is 47.6 Å². The topological polar surface area (TPSA) is 116 Å². The van der Waals surface area contributed by atoms with E-state index in [1.807, 2.05) is 51.1 Å². The molecule has 1 aliphatic carbocycles. The zero-order valence-electron chi connectivity index (χ0n) is 18.7. The number of amidine groups is 1. The summed E-state index contributed by atoms with van der Waals surface area (Å²) in [5.74, 6) is 0.893. The number of ether oxygens (including phenoxy) is 1. The standard InChI is InChI=1S/C24H25N5O3S/c1-23(2,3)32-22(31)28-21-29-24(12-17(24)9-10-33-21)16-5-4-6-18(11-16)27-20(30)19-8-7-15(13-25)14-26-19/h4-8,11,14,17H,9-10,12H2,1-3H3,(H,27,30)(H,28,29,31). The van der Waals surface area contributed by atoms with Gasteiger partial charge in [-0.05, 0) is 69.4 Å². The van der Waals surface area contributed by atoms with Crippen molar-refractivity contribution in [3.8, 4) is 6.07 Å². The van der Waals surface area contributed by atoms with Crippen LogP contribution in [0.5, 0.6) is 0 Å². The number of amides is 2. The third kappa shape index (κ3) is 5.34. The molecule has 4 rings (SSSR count). The Balaban J connectivity index is 1.52. The van der Waals surface area contributed by atoms with Gasteiger partial charge in [0.2, 0.25) is 0 Å². The molecular weight excluding hydrogens is 438 g/mol. The quantitative estimate of drug-likeness (QED) is 0.695. The second-order valence-corrected chi connectivity index (χ2v) is 10.2. The van der Waals surface area contributed by atoms with Gasteiger partial charge in [0.1, 0.15) is 17.4 Å². The number of thioether (sulfide) groups is 1. The van der Waals surface area contributed by atoms with Gasteiger partial charge < -0.3 is 10.1 Å². The van der Waals surface area contributed by atoms with Gasteiger partial charge in [0.15, 0.2) is 5.17 Å². The molecular formula is C24H25N5O3S. The van der Waals surface area contributed by atoms with Gasteiger partial charge >= 0.3 is 6.09 Å². The summed E-state index contributed by atoms with van der Waals surface area (Å²) in [5, 5.41) is 15.1. The lowest BCUT2D eigenvalue weighted by Gasteiger charge is -2.20. The van der Waals surface area contributed by atoms with Crippen LogP contribution in [0.4, 0.5) is 10.5 Å². The van der Waals surface area contributed by atoms with Gasteiger partial charge in [0, 0.05) is 17.6 Å². The van der Waals surface area contributed by atoms with E-state index in [4.69, 9.17) is 15.0 Å². The number of aliphatic imine (C=N–C) groups is 1. The van der Waals surface area contributed by atoms with Crippen molar-refractivity contribution in [3.05, 3.63) is 59.4 Å². The molecule has 2 amide bonds. The zero-order chi connectivity index (χ0) is 23.6. The van der Waals surface area contributed by atoms with Crippen LogP contribution in [-0.4, -0.2) is 33.5 Å². The number of aromatic nitrogens is 1. The fraction of sp³-hybridized carbons (Fsp3) is 0.375. The lowest BCUT2D eigenvalue weighted by Crippen LogP contribution is -2.35. The van der Waals surface area contributed by atoms with Crippen molar-refractivity contribution < 1.29 is 14.3 Å². The molecule has 1 aromatic heterocycles. The summed E-state index contributed by atoms with van der Waals surface area (Å²) in [6.45, 7) is 5.46. The highest BCUT2D eigenvalue weighted by Gasteiger charge is 2.56. The molecule has 0 spiro atoms. The SMILES string of the molecule is CC(C)(C)OC(=O)NC1=NC2(c3cccc(NC(=O)c4ccc(C#N)cn4)c3)CC2CCS1. The number of hydrogen-bond acceptors (Lipinski definition) is 7. The van der Waals surface area contributed by atoms with Crippen molar-refractivity contribution in [1.82, 2.24) is 10.3 Å². The molecule has 1 saturated carbocycles. The van der Waals surface area contributed by atoms with E-state index >= 15 is 0 Å². The van der Waals surface area contributed by atoms with Gasteiger partial charge in [-0.25, -0.2) is 9.78 Å². The molecule has 2 unspecified atom stereocenters. The Morgan fingerprint density at radius 3 is 2.76 bits per heavy atom. The first-order valence-corrected chi connectivity index (χ1v) is 11.7. The van der Waals surface area contributed by atoms with E-state index in [1.165, 1.54) is 24.0 Å². The Kier molecular flexibility index (Phi) is 6.13. The second kappa shape index (κ2) is 8.87. The Morgan fingerprint density at radius 2 is 2.06 bits per heavy atom. The number of benzene rings is 1. The van der Waals surface area contributed by atoms with Crippen LogP contribution in [0.2, 0.25) is 0 Å². The maximum Gasteiger partial charge on any atom is 0.413 e. The number of fused-ring (bicyclic) bond motifs is 1. The number of carbonyl (C=O) groups is 2. The summed E-state index contributed by atoms with van der Waals surface area (Å²) < 4.78 is 5.37. The molecule has 1 aromatic carbocycles. The number of nitrogens with zero attached hydrogens (tertiary/aromatic N) is 3. The van der Waals surface area contributed by atoms with Crippen LogP contribution in [-0.2, 0) is 10.3 Å². The zero-order valence-corrected chi connectivity index (χ0v) is 19.5. The Morgan fingerprint density at radius 1 is 1.24 bits per heavy atom. The number of carbonyl (C=O) groups excluding carboxylic acids is 2. The first-order chi connectivity index (χ1) is 15.7. The fourth-order valence-corrected chi connectivity index (χ4v) is 4.81. The second-order valence-electron chi connectivity index (χ2n) is 9.09. The third-order valence-corrected chi connectivity index (χ3v) is 6.34. The van der Waals surface area contributed by atoms with E-state index in [-0.39, 0.29) is 11.6 Å². The van der Waals surface area contributed by atoms with Gasteiger partial charge in [0.25, 0.3) is 5.91 Å². The van der Waals surface area contributed by atoms with Gasteiger partial charge in [0.05, 0.1) is 11.1 Å². The average molecular weight is 464 g/mol. The number of nitriles is 1. The average Bonchev–Trinajstić information content (AvgIpc) is 3.47. The molecule has 2 atom stereocenters. The molecule has 0 saturated heterocycles.